The number of carbonyl (C=O) groups excluding carboxylic acids is 1. The molecule has 0 radical (unpaired) electrons. The summed E-state index contributed by atoms with van der Waals surface area (Å²) in [5.74, 6) is 0.277. The van der Waals surface area contributed by atoms with Crippen LogP contribution in [-0.4, -0.2) is 70.0 Å². The van der Waals surface area contributed by atoms with Gasteiger partial charge in [0.15, 0.2) is 5.96 Å². The normalized spacial score (nSPS) is 17.0. The van der Waals surface area contributed by atoms with Crippen LogP contribution in [0.3, 0.4) is 0 Å². The number of hydrogen-bond donors (Lipinski definition) is 2. The SMILES string of the molecule is CN=C(NCCCCCC(=O)OC)NC1CCN(S(=O)(=O)C(F)(F)F)CC1.I. The Labute approximate surface area is 180 Å². The summed E-state index contributed by atoms with van der Waals surface area (Å²) in [7, 11) is -2.33. The van der Waals surface area contributed by atoms with Crippen molar-refractivity contribution in [1.82, 2.24) is 14.9 Å². The highest BCUT2D eigenvalue weighted by atomic mass is 127. The van der Waals surface area contributed by atoms with Gasteiger partial charge in [-0.15, -0.1) is 24.0 Å². The first-order chi connectivity index (χ1) is 12.6. The number of carbonyl (C=O) groups is 1. The largest absolute Gasteiger partial charge is 0.511 e. The molecular weight excluding hydrogens is 516 g/mol. The summed E-state index contributed by atoms with van der Waals surface area (Å²) in [5, 5.41) is 6.19. The average Bonchev–Trinajstić information content (AvgIpc) is 2.62. The Kier molecular flexibility index (Phi) is 12.3. The van der Waals surface area contributed by atoms with Crippen molar-refractivity contribution in [1.29, 1.82) is 0 Å². The summed E-state index contributed by atoms with van der Waals surface area (Å²) < 4.78 is 65.5. The van der Waals surface area contributed by atoms with Crippen LogP contribution >= 0.6 is 24.0 Å². The molecule has 0 spiro atoms. The van der Waals surface area contributed by atoms with E-state index in [1.165, 1.54) is 7.11 Å². The van der Waals surface area contributed by atoms with Gasteiger partial charge in [0, 0.05) is 39.1 Å². The second-order valence-corrected chi connectivity index (χ2v) is 8.08. The smallest absolute Gasteiger partial charge is 0.469 e. The number of sulfonamides is 1. The monoisotopic (exact) mass is 544 g/mol. The topological polar surface area (TPSA) is 100 Å². The lowest BCUT2D eigenvalue weighted by atomic mass is 10.1. The van der Waals surface area contributed by atoms with Gasteiger partial charge in [-0.2, -0.15) is 17.5 Å². The van der Waals surface area contributed by atoms with Gasteiger partial charge >= 0.3 is 21.5 Å². The van der Waals surface area contributed by atoms with Gasteiger partial charge in [0.25, 0.3) is 0 Å². The summed E-state index contributed by atoms with van der Waals surface area (Å²) in [6.07, 6.45) is 3.28. The van der Waals surface area contributed by atoms with Crippen molar-refractivity contribution in [2.24, 2.45) is 4.99 Å². The number of unbranched alkanes of at least 4 members (excludes halogenated alkanes) is 2. The molecule has 8 nitrogen and oxygen atoms in total. The van der Waals surface area contributed by atoms with Crippen molar-refractivity contribution >= 4 is 45.9 Å². The quantitative estimate of drug-likeness (QED) is 0.159. The van der Waals surface area contributed by atoms with E-state index in [0.717, 1.165) is 19.3 Å². The lowest BCUT2D eigenvalue weighted by molar-refractivity contribution is -0.140. The Hall–Kier alpha value is -0.830. The molecule has 1 aliphatic heterocycles. The Balaban J connectivity index is 0.00000729. The van der Waals surface area contributed by atoms with E-state index < -0.39 is 15.5 Å². The molecule has 13 heteroatoms. The van der Waals surface area contributed by atoms with Crippen molar-refractivity contribution in [2.75, 3.05) is 33.8 Å². The molecule has 1 heterocycles. The molecule has 1 fully saturated rings. The highest BCUT2D eigenvalue weighted by Crippen LogP contribution is 2.28. The van der Waals surface area contributed by atoms with Gasteiger partial charge in [0.1, 0.15) is 0 Å². The van der Waals surface area contributed by atoms with Crippen LogP contribution in [0.4, 0.5) is 13.2 Å². The van der Waals surface area contributed by atoms with Crippen molar-refractivity contribution < 1.29 is 31.1 Å². The zero-order valence-corrected chi connectivity index (χ0v) is 19.1. The molecule has 0 aliphatic carbocycles. The second-order valence-electron chi connectivity index (χ2n) is 6.15. The average molecular weight is 544 g/mol. The summed E-state index contributed by atoms with van der Waals surface area (Å²) in [6, 6.07) is -0.157. The summed E-state index contributed by atoms with van der Waals surface area (Å²) in [6.45, 7) is 0.246. The molecule has 1 saturated heterocycles. The number of methoxy groups -OCH3 is 1. The second kappa shape index (κ2) is 12.7. The van der Waals surface area contributed by atoms with Crippen molar-refractivity contribution in [3.05, 3.63) is 0 Å². The minimum atomic E-state index is -5.27. The van der Waals surface area contributed by atoms with E-state index in [0.29, 0.717) is 23.2 Å². The van der Waals surface area contributed by atoms with Crippen LogP contribution in [0.1, 0.15) is 38.5 Å². The molecule has 0 aromatic carbocycles. The third-order valence-electron chi connectivity index (χ3n) is 4.23. The Morgan fingerprint density at radius 3 is 2.32 bits per heavy atom. The lowest BCUT2D eigenvalue weighted by Gasteiger charge is -2.32. The Morgan fingerprint density at radius 2 is 1.82 bits per heavy atom. The highest BCUT2D eigenvalue weighted by molar-refractivity contribution is 14.0. The minimum absolute atomic E-state index is 0. The molecule has 0 saturated carbocycles. The first-order valence-electron chi connectivity index (χ1n) is 8.72. The van der Waals surface area contributed by atoms with Gasteiger partial charge in [0.2, 0.25) is 0 Å². The van der Waals surface area contributed by atoms with Crippen LogP contribution in [0.15, 0.2) is 4.99 Å². The van der Waals surface area contributed by atoms with Gasteiger partial charge in [-0.25, -0.2) is 8.42 Å². The van der Waals surface area contributed by atoms with Crippen LogP contribution in [0.25, 0.3) is 0 Å². The van der Waals surface area contributed by atoms with E-state index >= 15 is 0 Å². The zero-order valence-electron chi connectivity index (χ0n) is 15.9. The van der Waals surface area contributed by atoms with Crippen LogP contribution in [0, 0.1) is 0 Å². The molecule has 166 valence electrons. The molecule has 0 amide bonds. The van der Waals surface area contributed by atoms with Gasteiger partial charge in [0.05, 0.1) is 7.11 Å². The number of rotatable bonds is 8. The van der Waals surface area contributed by atoms with Crippen LogP contribution in [0.5, 0.6) is 0 Å². The maximum absolute atomic E-state index is 12.6. The molecule has 0 atom stereocenters. The fourth-order valence-corrected chi connectivity index (χ4v) is 3.64. The third-order valence-corrected chi connectivity index (χ3v) is 5.86. The number of piperidine rings is 1. The predicted octanol–water partition coefficient (Wildman–Crippen LogP) is 1.82. The fraction of sp³-hybridized carbons (Fsp3) is 0.867. The summed E-state index contributed by atoms with van der Waals surface area (Å²) in [5.41, 5.74) is -5.27. The third kappa shape index (κ3) is 8.68. The van der Waals surface area contributed by atoms with E-state index in [4.69, 9.17) is 0 Å². The number of ether oxygens (including phenoxy) is 1. The van der Waals surface area contributed by atoms with Gasteiger partial charge in [-0.1, -0.05) is 6.42 Å². The van der Waals surface area contributed by atoms with Gasteiger partial charge < -0.3 is 15.4 Å². The fourth-order valence-electron chi connectivity index (χ4n) is 2.65. The van der Waals surface area contributed by atoms with E-state index in [2.05, 4.69) is 20.4 Å². The van der Waals surface area contributed by atoms with Gasteiger partial charge in [-0.3, -0.25) is 9.79 Å². The molecule has 0 unspecified atom stereocenters. The maximum atomic E-state index is 12.6. The van der Waals surface area contributed by atoms with Crippen LogP contribution in [0.2, 0.25) is 0 Å². The molecule has 1 rings (SSSR count). The number of hydrogen-bond acceptors (Lipinski definition) is 5. The molecule has 0 aromatic rings. The number of esters is 1. The van der Waals surface area contributed by atoms with E-state index in [-0.39, 0.29) is 61.9 Å². The number of aliphatic imine (C=N–C) groups is 1. The lowest BCUT2D eigenvalue weighted by Crippen LogP contribution is -2.51. The molecule has 28 heavy (non-hydrogen) atoms. The van der Waals surface area contributed by atoms with E-state index in [1.807, 2.05) is 0 Å². The maximum Gasteiger partial charge on any atom is 0.511 e. The Morgan fingerprint density at radius 1 is 1.21 bits per heavy atom. The van der Waals surface area contributed by atoms with Gasteiger partial charge in [-0.05, 0) is 25.7 Å². The molecule has 1 aliphatic rings. The van der Waals surface area contributed by atoms with Crippen LogP contribution < -0.4 is 10.6 Å². The van der Waals surface area contributed by atoms with E-state index in [9.17, 15) is 26.4 Å². The van der Waals surface area contributed by atoms with Crippen LogP contribution in [-0.2, 0) is 19.6 Å². The van der Waals surface area contributed by atoms with Crippen molar-refractivity contribution in [3.63, 3.8) is 0 Å². The molecular formula is C15H28F3IN4O4S. The minimum Gasteiger partial charge on any atom is -0.469 e. The number of halogens is 4. The van der Waals surface area contributed by atoms with Crippen molar-refractivity contribution in [3.8, 4) is 0 Å². The highest BCUT2D eigenvalue weighted by Gasteiger charge is 2.50. The zero-order chi connectivity index (χ0) is 20.5. The summed E-state index contributed by atoms with van der Waals surface area (Å²) >= 11 is 0. The standard InChI is InChI=1S/C15H27F3N4O4S.HI/c1-19-14(20-9-5-3-4-6-13(23)26-2)21-12-7-10-22(11-8-12)27(24,25)15(16,17)18;/h12H,3-11H2,1-2H3,(H2,19,20,21);1H. The molecule has 0 aromatic heterocycles. The first-order valence-corrected chi connectivity index (χ1v) is 10.2. The summed E-state index contributed by atoms with van der Waals surface area (Å²) in [4.78, 5) is 15.0. The van der Waals surface area contributed by atoms with E-state index in [1.54, 1.807) is 7.05 Å². The number of guanidine groups is 1. The first kappa shape index (κ1) is 27.2. The number of nitrogens with one attached hydrogen (secondary N) is 2. The number of alkyl halides is 3. The van der Waals surface area contributed by atoms with Crippen molar-refractivity contribution in [2.45, 2.75) is 50.1 Å². The molecule has 2 N–H and O–H groups in total. The molecule has 0 bridgehead atoms. The number of nitrogens with zero attached hydrogens (tertiary/aromatic N) is 2. The predicted molar refractivity (Wildman–Crippen MR) is 110 cm³/mol. The Bertz CT molecular complexity index is 609.